The molecule has 0 bridgehead atoms. The van der Waals surface area contributed by atoms with Crippen molar-refractivity contribution < 1.29 is 27.9 Å². The first-order valence-corrected chi connectivity index (χ1v) is 11.4. The molecule has 182 valence electrons. The Bertz CT molecular complexity index is 1210. The Morgan fingerprint density at radius 3 is 2.40 bits per heavy atom. The number of pyridine rings is 1. The van der Waals surface area contributed by atoms with Gasteiger partial charge in [0.05, 0.1) is 12.0 Å². The van der Waals surface area contributed by atoms with E-state index in [1.165, 1.54) is 18.5 Å². The minimum Gasteiger partial charge on any atom is -0.481 e. The predicted octanol–water partition coefficient (Wildman–Crippen LogP) is 5.38. The number of aliphatic carboxylic acids is 1. The van der Waals surface area contributed by atoms with E-state index in [-0.39, 0.29) is 24.8 Å². The lowest BCUT2D eigenvalue weighted by molar-refractivity contribution is -0.138. The van der Waals surface area contributed by atoms with Crippen molar-refractivity contribution in [3.63, 3.8) is 0 Å². The van der Waals surface area contributed by atoms with Gasteiger partial charge in [-0.25, -0.2) is 0 Å². The Morgan fingerprint density at radius 1 is 1.00 bits per heavy atom. The maximum absolute atomic E-state index is 13.6. The molecule has 0 aliphatic heterocycles. The smallest absolute Gasteiger partial charge is 0.416 e. The minimum atomic E-state index is -4.54. The number of hydrogen-bond donors (Lipinski definition) is 1. The summed E-state index contributed by atoms with van der Waals surface area (Å²) in [5, 5.41) is 9.10. The number of carboxylic acids is 1. The van der Waals surface area contributed by atoms with E-state index < -0.39 is 17.7 Å². The third kappa shape index (κ3) is 6.47. The first kappa shape index (κ1) is 24.4. The van der Waals surface area contributed by atoms with Crippen molar-refractivity contribution in [2.24, 2.45) is 5.92 Å². The molecule has 1 N–H and O–H groups in total. The summed E-state index contributed by atoms with van der Waals surface area (Å²) in [6.45, 7) is 0.400. The van der Waals surface area contributed by atoms with E-state index in [0.717, 1.165) is 30.5 Å². The number of halogens is 3. The number of nitrogens with zero attached hydrogens (tertiary/aromatic N) is 2. The van der Waals surface area contributed by atoms with Gasteiger partial charge in [-0.15, -0.1) is 0 Å². The van der Waals surface area contributed by atoms with E-state index in [1.807, 2.05) is 30.3 Å². The number of hydrogen-bond acceptors (Lipinski definition) is 3. The van der Waals surface area contributed by atoms with Gasteiger partial charge in [-0.2, -0.15) is 13.2 Å². The van der Waals surface area contributed by atoms with Gasteiger partial charge in [-0.3, -0.25) is 14.6 Å². The van der Waals surface area contributed by atoms with Gasteiger partial charge in [-0.05, 0) is 59.7 Å². The second kappa shape index (κ2) is 10.3. The second-order valence-electron chi connectivity index (χ2n) is 8.79. The summed E-state index contributed by atoms with van der Waals surface area (Å²) in [5.41, 5.74) is 2.02. The van der Waals surface area contributed by atoms with Crippen molar-refractivity contribution in [1.29, 1.82) is 0 Å². The molecule has 1 amide bonds. The number of carbonyl (C=O) groups excluding carboxylic acids is 1. The summed E-state index contributed by atoms with van der Waals surface area (Å²) in [4.78, 5) is 29.9. The highest BCUT2D eigenvalue weighted by atomic mass is 19.4. The first-order chi connectivity index (χ1) is 16.7. The number of alkyl halides is 3. The van der Waals surface area contributed by atoms with Crippen LogP contribution in [0.2, 0.25) is 0 Å². The first-order valence-electron chi connectivity index (χ1n) is 11.4. The number of amides is 1. The molecule has 35 heavy (non-hydrogen) atoms. The predicted molar refractivity (Wildman–Crippen MR) is 124 cm³/mol. The van der Waals surface area contributed by atoms with E-state index in [4.69, 9.17) is 5.11 Å². The van der Waals surface area contributed by atoms with E-state index in [9.17, 15) is 22.8 Å². The number of carbonyl (C=O) groups is 2. The topological polar surface area (TPSA) is 70.5 Å². The third-order valence-corrected chi connectivity index (χ3v) is 6.01. The zero-order valence-corrected chi connectivity index (χ0v) is 19.0. The molecule has 1 fully saturated rings. The monoisotopic (exact) mass is 482 g/mol. The quantitative estimate of drug-likeness (QED) is 0.445. The van der Waals surface area contributed by atoms with Crippen LogP contribution < -0.4 is 0 Å². The van der Waals surface area contributed by atoms with E-state index in [1.54, 1.807) is 11.0 Å². The largest absolute Gasteiger partial charge is 0.481 e. The molecule has 8 heteroatoms. The molecule has 1 aliphatic rings. The molecule has 1 aliphatic carbocycles. The van der Waals surface area contributed by atoms with Crippen molar-refractivity contribution in [3.8, 4) is 11.1 Å². The van der Waals surface area contributed by atoms with Gasteiger partial charge in [0.25, 0.3) is 0 Å². The van der Waals surface area contributed by atoms with E-state index in [0.29, 0.717) is 35.2 Å². The van der Waals surface area contributed by atoms with Gasteiger partial charge in [0.15, 0.2) is 0 Å². The lowest BCUT2D eigenvalue weighted by Gasteiger charge is -2.25. The average Bonchev–Trinajstić information content (AvgIpc) is 3.66. The normalized spacial score (nSPS) is 13.5. The van der Waals surface area contributed by atoms with Crippen molar-refractivity contribution >= 4 is 11.9 Å². The number of benzene rings is 2. The fourth-order valence-electron chi connectivity index (χ4n) is 4.06. The van der Waals surface area contributed by atoms with Crippen LogP contribution in [0.3, 0.4) is 0 Å². The summed E-state index contributed by atoms with van der Waals surface area (Å²) < 4.78 is 40.7. The van der Waals surface area contributed by atoms with Crippen molar-refractivity contribution in [3.05, 3.63) is 89.2 Å². The molecule has 1 saturated carbocycles. The van der Waals surface area contributed by atoms with Crippen LogP contribution in [-0.4, -0.2) is 33.4 Å². The zero-order chi connectivity index (χ0) is 25.0. The van der Waals surface area contributed by atoms with Crippen molar-refractivity contribution in [1.82, 2.24) is 9.88 Å². The maximum Gasteiger partial charge on any atom is 0.416 e. The van der Waals surface area contributed by atoms with Crippen LogP contribution in [0.25, 0.3) is 11.1 Å². The molecule has 4 rings (SSSR count). The van der Waals surface area contributed by atoms with Crippen LogP contribution in [-0.2, 0) is 35.2 Å². The summed E-state index contributed by atoms with van der Waals surface area (Å²) in [6.07, 6.45) is 0.294. The lowest BCUT2D eigenvalue weighted by Crippen LogP contribution is -2.34. The van der Waals surface area contributed by atoms with Crippen LogP contribution >= 0.6 is 0 Å². The molecule has 3 aromatic rings. The van der Waals surface area contributed by atoms with Crippen LogP contribution in [0.1, 0.15) is 35.1 Å². The van der Waals surface area contributed by atoms with Gasteiger partial charge in [0, 0.05) is 37.0 Å². The van der Waals surface area contributed by atoms with Gasteiger partial charge >= 0.3 is 12.1 Å². The molecule has 0 atom stereocenters. The highest BCUT2D eigenvalue weighted by Gasteiger charge is 2.35. The Kier molecular flexibility index (Phi) is 7.19. The third-order valence-electron chi connectivity index (χ3n) is 6.01. The van der Waals surface area contributed by atoms with Crippen LogP contribution in [0.4, 0.5) is 13.2 Å². The van der Waals surface area contributed by atoms with Crippen LogP contribution in [0.5, 0.6) is 0 Å². The number of carboxylic acid groups (broad SMARTS) is 1. The highest BCUT2D eigenvalue weighted by Crippen LogP contribution is 2.36. The lowest BCUT2D eigenvalue weighted by atomic mass is 9.96. The van der Waals surface area contributed by atoms with Crippen molar-refractivity contribution in [2.75, 3.05) is 6.54 Å². The number of rotatable bonds is 9. The zero-order valence-electron chi connectivity index (χ0n) is 19.0. The Balaban J connectivity index is 1.69. The van der Waals surface area contributed by atoms with Crippen molar-refractivity contribution in [2.45, 2.75) is 38.4 Å². The van der Waals surface area contributed by atoms with E-state index in [2.05, 4.69) is 4.98 Å². The molecule has 1 heterocycles. The van der Waals surface area contributed by atoms with Gasteiger partial charge in [0.2, 0.25) is 5.91 Å². The Labute approximate surface area is 201 Å². The summed E-state index contributed by atoms with van der Waals surface area (Å²) in [5.74, 6) is -1.17. The van der Waals surface area contributed by atoms with E-state index >= 15 is 0 Å². The Morgan fingerprint density at radius 2 is 1.74 bits per heavy atom. The Hall–Kier alpha value is -3.68. The molecule has 2 aromatic carbocycles. The van der Waals surface area contributed by atoms with Gasteiger partial charge in [-0.1, -0.05) is 36.4 Å². The molecule has 5 nitrogen and oxygen atoms in total. The fraction of sp³-hybridized carbons (Fsp3) is 0.296. The molecule has 0 saturated heterocycles. The molecule has 0 unspecified atom stereocenters. The maximum atomic E-state index is 13.6. The highest BCUT2D eigenvalue weighted by molar-refractivity contribution is 5.81. The minimum absolute atomic E-state index is 0.0184. The summed E-state index contributed by atoms with van der Waals surface area (Å²) >= 11 is 0. The van der Waals surface area contributed by atoms with Crippen LogP contribution in [0.15, 0.2) is 67.0 Å². The summed E-state index contributed by atoms with van der Waals surface area (Å²) in [7, 11) is 0. The SMILES string of the molecule is O=C(O)Cc1cncc(-c2ccc(C(F)(F)F)cc2CN(CCc2ccccc2)C(=O)C2CC2)c1. The number of aromatic nitrogens is 1. The van der Waals surface area contributed by atoms with Gasteiger partial charge < -0.3 is 10.0 Å². The molecular weight excluding hydrogens is 457 g/mol. The molecule has 0 radical (unpaired) electrons. The molecular formula is C27H25F3N2O3. The average molecular weight is 483 g/mol. The molecule has 1 aromatic heterocycles. The molecule has 0 spiro atoms. The second-order valence-corrected chi connectivity index (χ2v) is 8.79. The van der Waals surface area contributed by atoms with Crippen LogP contribution in [0, 0.1) is 5.92 Å². The fourth-order valence-corrected chi connectivity index (χ4v) is 4.06. The van der Waals surface area contributed by atoms with Gasteiger partial charge in [0.1, 0.15) is 0 Å². The summed E-state index contributed by atoms with van der Waals surface area (Å²) in [6, 6.07) is 14.7. The standard InChI is InChI=1S/C27H25F3N2O3/c28-27(29,30)23-8-9-24(21-12-19(13-25(33)34)15-31-16-21)22(14-23)17-32(26(35)20-6-7-20)11-10-18-4-2-1-3-5-18/h1-5,8-9,12,14-16,20H,6-7,10-11,13,17H2,(H,33,34).